The molecule has 0 aliphatic carbocycles. The molecular weight excluding hydrogens is 294 g/mol. The zero-order chi connectivity index (χ0) is 17.2. The lowest BCUT2D eigenvalue weighted by molar-refractivity contribution is -0.121. The summed E-state index contributed by atoms with van der Waals surface area (Å²) in [5.74, 6) is 0.846. The number of rotatable bonds is 5. The van der Waals surface area contributed by atoms with Crippen molar-refractivity contribution in [2.24, 2.45) is 0 Å². The molecule has 1 aliphatic heterocycles. The normalized spacial score (nSPS) is 15.0. The van der Waals surface area contributed by atoms with Crippen LogP contribution in [0.1, 0.15) is 36.3 Å². The van der Waals surface area contributed by atoms with Gasteiger partial charge in [-0.15, -0.1) is 13.2 Å². The highest BCUT2D eigenvalue weighted by atomic mass is 16.1. The molecule has 1 aliphatic rings. The molecule has 0 bridgehead atoms. The number of benzene rings is 2. The molecule has 0 spiro atoms. The summed E-state index contributed by atoms with van der Waals surface area (Å²) < 4.78 is 0. The minimum absolute atomic E-state index is 0.416. The lowest BCUT2D eigenvalue weighted by Crippen LogP contribution is -2.35. The Balaban J connectivity index is 0.00000100. The van der Waals surface area contributed by atoms with Gasteiger partial charge in [0.05, 0.1) is 0 Å². The van der Waals surface area contributed by atoms with Gasteiger partial charge in [0, 0.05) is 31.8 Å². The number of carbonyl (C=O) groups is 1. The van der Waals surface area contributed by atoms with Crippen LogP contribution in [-0.2, 0) is 4.79 Å². The molecule has 24 heavy (non-hydrogen) atoms. The predicted molar refractivity (Wildman–Crippen MR) is 101 cm³/mol. The lowest BCUT2D eigenvalue weighted by atomic mass is 9.88. The monoisotopic (exact) mass is 321 g/mol. The van der Waals surface area contributed by atoms with E-state index in [1.807, 2.05) is 0 Å². The van der Waals surface area contributed by atoms with E-state index in [4.69, 9.17) is 0 Å². The molecular formula is C22H27NO. The topological polar surface area (TPSA) is 20.3 Å². The Morgan fingerprint density at radius 2 is 1.29 bits per heavy atom. The number of carbonyl (C=O) groups excluding carboxylic acids is 1. The maximum absolute atomic E-state index is 11.4. The van der Waals surface area contributed by atoms with Gasteiger partial charge >= 0.3 is 0 Å². The van der Waals surface area contributed by atoms with Gasteiger partial charge in [0.2, 0.25) is 0 Å². The van der Waals surface area contributed by atoms with Gasteiger partial charge in [-0.1, -0.05) is 60.7 Å². The van der Waals surface area contributed by atoms with Crippen LogP contribution in [0.3, 0.4) is 0 Å². The third-order valence-corrected chi connectivity index (χ3v) is 4.55. The van der Waals surface area contributed by atoms with Crippen molar-refractivity contribution in [1.29, 1.82) is 0 Å². The van der Waals surface area contributed by atoms with Crippen LogP contribution in [0.5, 0.6) is 0 Å². The van der Waals surface area contributed by atoms with Crippen molar-refractivity contribution in [2.75, 3.05) is 19.6 Å². The number of piperidine rings is 1. The molecule has 1 fully saturated rings. The summed E-state index contributed by atoms with van der Waals surface area (Å²) >= 11 is 0. The molecule has 1 heterocycles. The number of hydrogen-bond acceptors (Lipinski definition) is 2. The van der Waals surface area contributed by atoms with E-state index in [-0.39, 0.29) is 0 Å². The molecule has 3 rings (SSSR count). The molecule has 0 amide bonds. The lowest BCUT2D eigenvalue weighted by Gasteiger charge is -2.28. The Morgan fingerprint density at radius 3 is 1.75 bits per heavy atom. The van der Waals surface area contributed by atoms with Crippen LogP contribution in [-0.4, -0.2) is 30.3 Å². The maximum Gasteiger partial charge on any atom is 0.135 e. The first-order valence-corrected chi connectivity index (χ1v) is 8.67. The molecule has 2 aromatic carbocycles. The average Bonchev–Trinajstić information content (AvgIpc) is 2.67. The van der Waals surface area contributed by atoms with E-state index in [9.17, 15) is 4.79 Å². The molecule has 0 aromatic heterocycles. The fraction of sp³-hybridized carbons (Fsp3) is 0.318. The third-order valence-electron chi connectivity index (χ3n) is 4.55. The van der Waals surface area contributed by atoms with E-state index in [0.717, 1.165) is 38.9 Å². The Morgan fingerprint density at radius 1 is 0.833 bits per heavy atom. The quantitative estimate of drug-likeness (QED) is 0.746. The average molecular weight is 321 g/mol. The van der Waals surface area contributed by atoms with Crippen LogP contribution in [0.15, 0.2) is 73.8 Å². The largest absolute Gasteiger partial charge is 0.302 e. The van der Waals surface area contributed by atoms with Crippen LogP contribution in [0.2, 0.25) is 0 Å². The number of Topliss-reactive ketones (excluding diaryl/α,β-unsaturated/α-hetero) is 1. The van der Waals surface area contributed by atoms with Crippen molar-refractivity contribution < 1.29 is 4.79 Å². The van der Waals surface area contributed by atoms with E-state index in [0.29, 0.717) is 11.7 Å². The van der Waals surface area contributed by atoms with Crippen molar-refractivity contribution in [3.63, 3.8) is 0 Å². The van der Waals surface area contributed by atoms with Crippen LogP contribution in [0.25, 0.3) is 0 Å². The number of hydrogen-bond donors (Lipinski definition) is 0. The molecule has 0 unspecified atom stereocenters. The van der Waals surface area contributed by atoms with E-state index in [2.05, 4.69) is 78.7 Å². The number of nitrogens with zero attached hydrogens (tertiary/aromatic N) is 1. The predicted octanol–water partition coefficient (Wildman–Crippen LogP) is 4.68. The van der Waals surface area contributed by atoms with Gasteiger partial charge in [-0.05, 0) is 24.1 Å². The molecule has 2 heteroatoms. The smallest absolute Gasteiger partial charge is 0.135 e. The van der Waals surface area contributed by atoms with Gasteiger partial charge in [-0.25, -0.2) is 0 Å². The first-order valence-electron chi connectivity index (χ1n) is 8.67. The van der Waals surface area contributed by atoms with Crippen molar-refractivity contribution in [3.05, 3.63) is 84.9 Å². The van der Waals surface area contributed by atoms with Gasteiger partial charge in [-0.3, -0.25) is 4.79 Å². The SMILES string of the molecule is C=C.O=C1CCN(CCC(c2ccccc2)c2ccccc2)CC1. The summed E-state index contributed by atoms with van der Waals surface area (Å²) in [6.07, 6.45) is 2.55. The van der Waals surface area contributed by atoms with E-state index >= 15 is 0 Å². The molecule has 0 N–H and O–H groups in total. The summed E-state index contributed by atoms with van der Waals surface area (Å²) in [6, 6.07) is 21.5. The zero-order valence-electron chi connectivity index (χ0n) is 14.4. The van der Waals surface area contributed by atoms with Gasteiger partial charge in [-0.2, -0.15) is 0 Å². The van der Waals surface area contributed by atoms with Crippen LogP contribution in [0.4, 0.5) is 0 Å². The zero-order valence-corrected chi connectivity index (χ0v) is 14.4. The summed E-state index contributed by atoms with van der Waals surface area (Å²) in [5, 5.41) is 0. The summed E-state index contributed by atoms with van der Waals surface area (Å²) in [7, 11) is 0. The van der Waals surface area contributed by atoms with Crippen molar-refractivity contribution in [1.82, 2.24) is 4.90 Å². The van der Waals surface area contributed by atoms with Crippen LogP contribution >= 0.6 is 0 Å². The van der Waals surface area contributed by atoms with E-state index in [1.165, 1.54) is 11.1 Å². The molecule has 0 atom stereocenters. The van der Waals surface area contributed by atoms with Gasteiger partial charge in [0.15, 0.2) is 0 Å². The first kappa shape index (κ1) is 18.2. The molecule has 2 nitrogen and oxygen atoms in total. The van der Waals surface area contributed by atoms with Gasteiger partial charge in [0.1, 0.15) is 5.78 Å². The highest BCUT2D eigenvalue weighted by Crippen LogP contribution is 2.28. The van der Waals surface area contributed by atoms with Gasteiger partial charge in [0.25, 0.3) is 0 Å². The third kappa shape index (κ3) is 5.17. The highest BCUT2D eigenvalue weighted by Gasteiger charge is 2.19. The summed E-state index contributed by atoms with van der Waals surface area (Å²) in [6.45, 7) is 8.91. The van der Waals surface area contributed by atoms with Crippen LogP contribution < -0.4 is 0 Å². The summed E-state index contributed by atoms with van der Waals surface area (Å²) in [5.41, 5.74) is 2.75. The van der Waals surface area contributed by atoms with E-state index < -0.39 is 0 Å². The Hall–Kier alpha value is -2.19. The Labute approximate surface area is 145 Å². The molecule has 0 radical (unpaired) electrons. The molecule has 1 saturated heterocycles. The van der Waals surface area contributed by atoms with Gasteiger partial charge < -0.3 is 4.90 Å². The number of ketones is 1. The van der Waals surface area contributed by atoms with Crippen molar-refractivity contribution >= 4 is 5.78 Å². The first-order chi connectivity index (χ1) is 11.8. The highest BCUT2D eigenvalue weighted by molar-refractivity contribution is 5.79. The molecule has 2 aromatic rings. The second kappa shape index (κ2) is 9.84. The Kier molecular flexibility index (Phi) is 7.44. The molecule has 126 valence electrons. The minimum atomic E-state index is 0.416. The summed E-state index contributed by atoms with van der Waals surface area (Å²) in [4.78, 5) is 13.8. The second-order valence-corrected chi connectivity index (χ2v) is 6.04. The fourth-order valence-electron chi connectivity index (χ4n) is 3.23. The van der Waals surface area contributed by atoms with Crippen molar-refractivity contribution in [2.45, 2.75) is 25.2 Å². The second-order valence-electron chi connectivity index (χ2n) is 6.04. The minimum Gasteiger partial charge on any atom is -0.302 e. The Bertz CT molecular complexity index is 559. The maximum atomic E-state index is 11.4. The van der Waals surface area contributed by atoms with E-state index in [1.54, 1.807) is 0 Å². The van der Waals surface area contributed by atoms with Crippen LogP contribution in [0, 0.1) is 0 Å². The number of likely N-dealkylation sites (tertiary alicyclic amines) is 1. The van der Waals surface area contributed by atoms with Crippen molar-refractivity contribution in [3.8, 4) is 0 Å². The standard InChI is InChI=1S/C20H23NO.C2H4/c22-19-11-14-21(15-12-19)16-13-20(17-7-3-1-4-8-17)18-9-5-2-6-10-18;1-2/h1-10,20H,11-16H2;1-2H2. The fourth-order valence-corrected chi connectivity index (χ4v) is 3.23. The molecule has 0 saturated carbocycles.